The standard InChI is InChI=1S/C28H26ClN5O/c29-25-9-4-10-26(18-25)32-14-16-33(17-15-32)27(35)12-11-24-21-34(20-22-6-2-1-3-7-22)31-28(24)23-8-5-13-30-19-23/h1-13,18-19,21H,14-17,20H2/b12-11+. The molecule has 1 saturated heterocycles. The summed E-state index contributed by atoms with van der Waals surface area (Å²) in [6, 6.07) is 21.9. The van der Waals surface area contributed by atoms with Gasteiger partial charge in [0, 0.05) is 72.7 Å². The summed E-state index contributed by atoms with van der Waals surface area (Å²) in [7, 11) is 0. The Hall–Kier alpha value is -3.90. The zero-order valence-corrected chi connectivity index (χ0v) is 20.1. The highest BCUT2D eigenvalue weighted by molar-refractivity contribution is 6.30. The van der Waals surface area contributed by atoms with Gasteiger partial charge in [0.15, 0.2) is 0 Å². The van der Waals surface area contributed by atoms with Crippen LogP contribution in [0.25, 0.3) is 17.3 Å². The van der Waals surface area contributed by atoms with Crippen LogP contribution < -0.4 is 4.90 Å². The van der Waals surface area contributed by atoms with E-state index in [4.69, 9.17) is 16.7 Å². The first-order valence-corrected chi connectivity index (χ1v) is 12.0. The predicted octanol–water partition coefficient (Wildman–Crippen LogP) is 5.01. The van der Waals surface area contributed by atoms with Gasteiger partial charge in [0.2, 0.25) is 5.91 Å². The van der Waals surface area contributed by atoms with E-state index in [0.29, 0.717) is 19.6 Å². The van der Waals surface area contributed by atoms with E-state index in [9.17, 15) is 4.79 Å². The fourth-order valence-corrected chi connectivity index (χ4v) is 4.45. The fraction of sp³-hybridized carbons (Fsp3) is 0.179. The number of anilines is 1. The molecule has 0 unspecified atom stereocenters. The molecule has 5 rings (SSSR count). The number of aromatic nitrogens is 3. The number of halogens is 1. The van der Waals surface area contributed by atoms with Gasteiger partial charge in [-0.25, -0.2) is 0 Å². The van der Waals surface area contributed by atoms with E-state index < -0.39 is 0 Å². The van der Waals surface area contributed by atoms with Crippen molar-refractivity contribution in [2.24, 2.45) is 0 Å². The van der Waals surface area contributed by atoms with Gasteiger partial charge in [0.1, 0.15) is 5.69 Å². The molecular weight excluding hydrogens is 458 g/mol. The van der Waals surface area contributed by atoms with Crippen molar-refractivity contribution in [3.05, 3.63) is 108 Å². The van der Waals surface area contributed by atoms with E-state index >= 15 is 0 Å². The number of piperazine rings is 1. The highest BCUT2D eigenvalue weighted by Crippen LogP contribution is 2.24. The lowest BCUT2D eigenvalue weighted by Gasteiger charge is -2.35. The predicted molar refractivity (Wildman–Crippen MR) is 140 cm³/mol. The summed E-state index contributed by atoms with van der Waals surface area (Å²) in [5.74, 6) is 0.00342. The zero-order valence-electron chi connectivity index (χ0n) is 19.3. The van der Waals surface area contributed by atoms with Crippen LogP contribution in [0.1, 0.15) is 11.1 Å². The number of carbonyl (C=O) groups excluding carboxylic acids is 1. The second-order valence-corrected chi connectivity index (χ2v) is 8.92. The molecule has 0 spiro atoms. The molecule has 3 heterocycles. The first kappa shape index (κ1) is 22.9. The van der Waals surface area contributed by atoms with Crippen LogP contribution in [-0.2, 0) is 11.3 Å². The monoisotopic (exact) mass is 483 g/mol. The zero-order chi connectivity index (χ0) is 24.0. The van der Waals surface area contributed by atoms with Crippen molar-refractivity contribution in [2.75, 3.05) is 31.1 Å². The van der Waals surface area contributed by atoms with Gasteiger partial charge in [-0.05, 0) is 42.0 Å². The first-order chi connectivity index (χ1) is 17.2. The molecule has 0 saturated carbocycles. The number of benzene rings is 2. The Labute approximate surface area is 210 Å². The molecule has 4 aromatic rings. The molecule has 0 radical (unpaired) electrons. The summed E-state index contributed by atoms with van der Waals surface area (Å²) in [4.78, 5) is 21.4. The maximum absolute atomic E-state index is 13.0. The molecule has 2 aromatic heterocycles. The van der Waals surface area contributed by atoms with Crippen molar-refractivity contribution in [3.8, 4) is 11.3 Å². The SMILES string of the molecule is O=C(/C=C/c1cn(Cc2ccccc2)nc1-c1cccnc1)N1CCN(c2cccc(Cl)c2)CC1. The summed E-state index contributed by atoms with van der Waals surface area (Å²) in [5, 5.41) is 5.52. The van der Waals surface area contributed by atoms with E-state index in [0.717, 1.165) is 46.2 Å². The lowest BCUT2D eigenvalue weighted by molar-refractivity contribution is -0.126. The Bertz CT molecular complexity index is 1310. The van der Waals surface area contributed by atoms with Crippen molar-refractivity contribution >= 4 is 29.3 Å². The van der Waals surface area contributed by atoms with Crippen molar-refractivity contribution in [1.82, 2.24) is 19.7 Å². The molecule has 0 aliphatic carbocycles. The molecule has 6 nitrogen and oxygen atoms in total. The molecule has 0 N–H and O–H groups in total. The largest absolute Gasteiger partial charge is 0.368 e. The molecule has 0 atom stereocenters. The van der Waals surface area contributed by atoms with Crippen LogP contribution >= 0.6 is 11.6 Å². The minimum absolute atomic E-state index is 0.00342. The van der Waals surface area contributed by atoms with Crippen molar-refractivity contribution in [1.29, 1.82) is 0 Å². The lowest BCUT2D eigenvalue weighted by Crippen LogP contribution is -2.48. The number of hydrogen-bond donors (Lipinski definition) is 0. The van der Waals surface area contributed by atoms with Gasteiger partial charge in [-0.2, -0.15) is 5.10 Å². The van der Waals surface area contributed by atoms with Crippen LogP contribution in [0.2, 0.25) is 5.02 Å². The number of nitrogens with zero attached hydrogens (tertiary/aromatic N) is 5. The second-order valence-electron chi connectivity index (χ2n) is 8.48. The summed E-state index contributed by atoms with van der Waals surface area (Å²) in [6.07, 6.45) is 9.04. The number of pyridine rings is 1. The van der Waals surface area contributed by atoms with Gasteiger partial charge in [-0.1, -0.05) is 48.0 Å². The number of hydrogen-bond acceptors (Lipinski definition) is 4. The molecule has 2 aromatic carbocycles. The normalized spacial score (nSPS) is 14.0. The highest BCUT2D eigenvalue weighted by Gasteiger charge is 2.20. The van der Waals surface area contributed by atoms with E-state index in [2.05, 4.69) is 28.1 Å². The Morgan fingerprint density at radius 2 is 1.80 bits per heavy atom. The number of carbonyl (C=O) groups is 1. The maximum Gasteiger partial charge on any atom is 0.246 e. The molecule has 35 heavy (non-hydrogen) atoms. The third-order valence-electron chi connectivity index (χ3n) is 6.08. The van der Waals surface area contributed by atoms with Crippen LogP contribution in [0.3, 0.4) is 0 Å². The Balaban J connectivity index is 1.30. The Morgan fingerprint density at radius 1 is 0.971 bits per heavy atom. The molecular formula is C28H26ClN5O. The third kappa shape index (κ3) is 5.61. The average Bonchev–Trinajstić information content (AvgIpc) is 3.31. The van der Waals surface area contributed by atoms with E-state index in [-0.39, 0.29) is 5.91 Å². The van der Waals surface area contributed by atoms with Crippen LogP contribution in [0, 0.1) is 0 Å². The van der Waals surface area contributed by atoms with Crippen LogP contribution in [0.5, 0.6) is 0 Å². The molecule has 1 fully saturated rings. The average molecular weight is 484 g/mol. The Kier molecular flexibility index (Phi) is 6.91. The van der Waals surface area contributed by atoms with Crippen LogP contribution in [0.4, 0.5) is 5.69 Å². The lowest BCUT2D eigenvalue weighted by atomic mass is 10.1. The van der Waals surface area contributed by atoms with Crippen LogP contribution in [0.15, 0.2) is 91.4 Å². The van der Waals surface area contributed by atoms with Gasteiger partial charge in [-0.3, -0.25) is 14.5 Å². The minimum Gasteiger partial charge on any atom is -0.368 e. The topological polar surface area (TPSA) is 54.3 Å². The number of amides is 1. The molecule has 1 aliphatic heterocycles. The van der Waals surface area contributed by atoms with Crippen LogP contribution in [-0.4, -0.2) is 51.8 Å². The first-order valence-electron chi connectivity index (χ1n) is 11.6. The smallest absolute Gasteiger partial charge is 0.246 e. The Morgan fingerprint density at radius 3 is 2.54 bits per heavy atom. The number of rotatable bonds is 6. The second kappa shape index (κ2) is 10.6. The van der Waals surface area contributed by atoms with Crippen molar-refractivity contribution in [2.45, 2.75) is 6.54 Å². The molecule has 176 valence electrons. The van der Waals surface area contributed by atoms with Gasteiger partial charge in [0.25, 0.3) is 0 Å². The summed E-state index contributed by atoms with van der Waals surface area (Å²) < 4.78 is 1.91. The van der Waals surface area contributed by atoms with E-state index in [1.54, 1.807) is 18.5 Å². The van der Waals surface area contributed by atoms with E-state index in [1.807, 2.05) is 70.4 Å². The highest BCUT2D eigenvalue weighted by atomic mass is 35.5. The summed E-state index contributed by atoms with van der Waals surface area (Å²) in [6.45, 7) is 3.53. The summed E-state index contributed by atoms with van der Waals surface area (Å²) in [5.41, 5.74) is 4.87. The van der Waals surface area contributed by atoms with Crippen molar-refractivity contribution in [3.63, 3.8) is 0 Å². The van der Waals surface area contributed by atoms with E-state index in [1.165, 1.54) is 0 Å². The maximum atomic E-state index is 13.0. The van der Waals surface area contributed by atoms with Gasteiger partial charge >= 0.3 is 0 Å². The molecule has 0 bridgehead atoms. The molecule has 1 amide bonds. The fourth-order valence-electron chi connectivity index (χ4n) is 4.26. The molecule has 7 heteroatoms. The summed E-state index contributed by atoms with van der Waals surface area (Å²) >= 11 is 6.14. The minimum atomic E-state index is 0.00342. The quantitative estimate of drug-likeness (QED) is 0.362. The van der Waals surface area contributed by atoms with Gasteiger partial charge < -0.3 is 9.80 Å². The third-order valence-corrected chi connectivity index (χ3v) is 6.32. The van der Waals surface area contributed by atoms with Crippen molar-refractivity contribution < 1.29 is 4.79 Å². The van der Waals surface area contributed by atoms with Gasteiger partial charge in [-0.15, -0.1) is 0 Å². The molecule has 1 aliphatic rings. The van der Waals surface area contributed by atoms with Gasteiger partial charge in [0.05, 0.1) is 6.54 Å².